The Morgan fingerprint density at radius 2 is 2.00 bits per heavy atom. The highest BCUT2D eigenvalue weighted by molar-refractivity contribution is 6.01. The number of rotatable bonds is 4. The number of nitrogens with zero attached hydrogens (tertiary/aromatic N) is 1. The number of hydrogen-bond acceptors (Lipinski definition) is 3. The predicted molar refractivity (Wildman–Crippen MR) is 93.0 cm³/mol. The van der Waals surface area contributed by atoms with E-state index in [2.05, 4.69) is 16.7 Å². The van der Waals surface area contributed by atoms with Gasteiger partial charge in [0.1, 0.15) is 0 Å². The Bertz CT molecular complexity index is 800. The molecule has 0 fully saturated rings. The number of benzene rings is 1. The molecule has 0 radical (unpaired) electrons. The molecule has 4 nitrogen and oxygen atoms in total. The molecule has 0 aliphatic heterocycles. The number of ether oxygens (including phenoxy) is 1. The van der Waals surface area contributed by atoms with Gasteiger partial charge in [-0.3, -0.25) is 4.79 Å². The minimum Gasteiger partial charge on any atom is -0.466 e. The van der Waals surface area contributed by atoms with Gasteiger partial charge >= 0.3 is 5.97 Å². The third-order valence-corrected chi connectivity index (χ3v) is 4.52. The zero-order valence-corrected chi connectivity index (χ0v) is 14.0. The van der Waals surface area contributed by atoms with Crippen molar-refractivity contribution in [2.24, 2.45) is 0 Å². The summed E-state index contributed by atoms with van der Waals surface area (Å²) >= 11 is 0. The average molecular weight is 323 g/mol. The Morgan fingerprint density at radius 1 is 1.25 bits per heavy atom. The number of fused-ring (bicyclic) bond motifs is 1. The summed E-state index contributed by atoms with van der Waals surface area (Å²) in [7, 11) is 1.36. The molecule has 2 aromatic rings. The van der Waals surface area contributed by atoms with Crippen LogP contribution >= 0.6 is 0 Å². The van der Waals surface area contributed by atoms with Crippen LogP contribution in [0, 0.1) is 6.92 Å². The van der Waals surface area contributed by atoms with Gasteiger partial charge in [0, 0.05) is 36.0 Å². The molecule has 0 atom stereocenters. The van der Waals surface area contributed by atoms with Crippen molar-refractivity contribution in [3.63, 3.8) is 0 Å². The molecular formula is C20H21NO3. The quantitative estimate of drug-likeness (QED) is 0.638. The van der Waals surface area contributed by atoms with Gasteiger partial charge in [0.05, 0.1) is 7.11 Å². The van der Waals surface area contributed by atoms with Crippen molar-refractivity contribution in [1.82, 2.24) is 4.57 Å². The summed E-state index contributed by atoms with van der Waals surface area (Å²) in [6.45, 7) is 2.64. The van der Waals surface area contributed by atoms with Crippen LogP contribution in [0.1, 0.15) is 45.7 Å². The maximum absolute atomic E-state index is 12.4. The number of methoxy groups -OCH3 is 1. The maximum Gasteiger partial charge on any atom is 0.330 e. The monoisotopic (exact) mass is 323 g/mol. The third-order valence-electron chi connectivity index (χ3n) is 4.52. The van der Waals surface area contributed by atoms with E-state index >= 15 is 0 Å². The fourth-order valence-electron chi connectivity index (χ4n) is 3.38. The highest BCUT2D eigenvalue weighted by atomic mass is 16.5. The van der Waals surface area contributed by atoms with Crippen LogP contribution in [-0.2, 0) is 22.5 Å². The van der Waals surface area contributed by atoms with Crippen LogP contribution in [-0.4, -0.2) is 23.4 Å². The summed E-state index contributed by atoms with van der Waals surface area (Å²) in [6.07, 6.45) is 5.55. The molecular weight excluding hydrogens is 302 g/mol. The molecule has 124 valence electrons. The van der Waals surface area contributed by atoms with Crippen molar-refractivity contribution in [3.8, 4) is 0 Å². The van der Waals surface area contributed by atoms with Crippen molar-refractivity contribution in [2.75, 3.05) is 7.11 Å². The smallest absolute Gasteiger partial charge is 0.330 e. The fraction of sp³-hybridized carbons (Fsp3) is 0.300. The molecule has 1 aliphatic rings. The van der Waals surface area contributed by atoms with Crippen LogP contribution in [0.4, 0.5) is 0 Å². The number of carbonyl (C=O) groups excluding carboxylic acids is 2. The van der Waals surface area contributed by atoms with E-state index in [-0.39, 0.29) is 5.78 Å². The number of ketones is 1. The van der Waals surface area contributed by atoms with Crippen molar-refractivity contribution in [2.45, 2.75) is 32.7 Å². The maximum atomic E-state index is 12.4. The van der Waals surface area contributed by atoms with Gasteiger partial charge in [-0.05, 0) is 37.0 Å². The van der Waals surface area contributed by atoms with Gasteiger partial charge in [-0.1, -0.05) is 30.3 Å². The summed E-state index contributed by atoms with van der Waals surface area (Å²) in [5.41, 5.74) is 4.94. The van der Waals surface area contributed by atoms with E-state index in [0.29, 0.717) is 13.0 Å². The molecule has 0 N–H and O–H groups in total. The number of hydrogen-bond donors (Lipinski definition) is 0. The average Bonchev–Trinajstić information content (AvgIpc) is 2.86. The molecule has 0 unspecified atom stereocenters. The Morgan fingerprint density at radius 3 is 2.71 bits per heavy atom. The molecule has 1 heterocycles. The van der Waals surface area contributed by atoms with Crippen LogP contribution in [0.2, 0.25) is 0 Å². The van der Waals surface area contributed by atoms with E-state index in [9.17, 15) is 9.59 Å². The highest BCUT2D eigenvalue weighted by Crippen LogP contribution is 2.31. The summed E-state index contributed by atoms with van der Waals surface area (Å²) in [4.78, 5) is 23.9. The van der Waals surface area contributed by atoms with Crippen molar-refractivity contribution in [1.29, 1.82) is 0 Å². The summed E-state index contributed by atoms with van der Waals surface area (Å²) in [5, 5.41) is 0. The van der Waals surface area contributed by atoms with Gasteiger partial charge in [-0.15, -0.1) is 0 Å². The minimum atomic E-state index is -0.397. The van der Waals surface area contributed by atoms with E-state index in [1.54, 1.807) is 6.08 Å². The molecule has 3 rings (SSSR count). The first-order chi connectivity index (χ1) is 11.6. The van der Waals surface area contributed by atoms with Crippen molar-refractivity contribution in [3.05, 3.63) is 64.5 Å². The Kier molecular flexibility index (Phi) is 4.65. The largest absolute Gasteiger partial charge is 0.466 e. The zero-order valence-electron chi connectivity index (χ0n) is 14.0. The standard InChI is InChI=1S/C20H21NO3/c1-14-16(11-12-19(23)24-2)21(13-15-7-4-3-5-8-15)17-9-6-10-18(22)20(14)17/h3-5,7-8,11-12H,6,9-10,13H2,1-2H3/b12-11+. The summed E-state index contributed by atoms with van der Waals surface area (Å²) in [5.74, 6) is -0.195. The molecule has 0 amide bonds. The lowest BCUT2D eigenvalue weighted by molar-refractivity contribution is -0.134. The number of esters is 1. The molecule has 4 heteroatoms. The van der Waals surface area contributed by atoms with E-state index in [1.807, 2.05) is 25.1 Å². The number of aromatic nitrogens is 1. The lowest BCUT2D eigenvalue weighted by Crippen LogP contribution is -2.14. The Labute approximate surface area is 141 Å². The van der Waals surface area contributed by atoms with Gasteiger partial charge in [0.2, 0.25) is 0 Å². The molecule has 1 aromatic heterocycles. The first kappa shape index (κ1) is 16.2. The summed E-state index contributed by atoms with van der Waals surface area (Å²) in [6, 6.07) is 10.1. The lowest BCUT2D eigenvalue weighted by Gasteiger charge is -2.16. The molecule has 1 aromatic carbocycles. The Balaban J connectivity index is 2.10. The van der Waals surface area contributed by atoms with Gasteiger partial charge in [0.15, 0.2) is 5.78 Å². The van der Waals surface area contributed by atoms with Crippen LogP contribution < -0.4 is 0 Å². The van der Waals surface area contributed by atoms with E-state index < -0.39 is 5.97 Å². The topological polar surface area (TPSA) is 48.3 Å². The van der Waals surface area contributed by atoms with E-state index in [4.69, 9.17) is 4.74 Å². The van der Waals surface area contributed by atoms with Gasteiger partial charge in [0.25, 0.3) is 0 Å². The number of carbonyl (C=O) groups is 2. The van der Waals surface area contributed by atoms with E-state index in [1.165, 1.54) is 18.7 Å². The molecule has 24 heavy (non-hydrogen) atoms. The fourth-order valence-corrected chi connectivity index (χ4v) is 3.38. The van der Waals surface area contributed by atoms with Crippen LogP contribution in [0.5, 0.6) is 0 Å². The second kappa shape index (κ2) is 6.87. The second-order valence-electron chi connectivity index (χ2n) is 6.04. The summed E-state index contributed by atoms with van der Waals surface area (Å²) < 4.78 is 6.85. The zero-order chi connectivity index (χ0) is 17.1. The van der Waals surface area contributed by atoms with Crippen LogP contribution in [0.3, 0.4) is 0 Å². The Hall–Kier alpha value is -2.62. The first-order valence-corrected chi connectivity index (χ1v) is 8.17. The van der Waals surface area contributed by atoms with E-state index in [0.717, 1.165) is 35.4 Å². The predicted octanol–water partition coefficient (Wildman–Crippen LogP) is 3.55. The van der Waals surface area contributed by atoms with Crippen LogP contribution in [0.25, 0.3) is 6.08 Å². The molecule has 1 aliphatic carbocycles. The molecule has 0 spiro atoms. The highest BCUT2D eigenvalue weighted by Gasteiger charge is 2.26. The number of Topliss-reactive ketones (excluding diaryl/α,β-unsaturated/α-hetero) is 1. The van der Waals surface area contributed by atoms with Crippen LogP contribution in [0.15, 0.2) is 36.4 Å². The van der Waals surface area contributed by atoms with Crippen molar-refractivity contribution >= 4 is 17.8 Å². The van der Waals surface area contributed by atoms with Gasteiger partial charge in [-0.25, -0.2) is 4.79 Å². The second-order valence-corrected chi connectivity index (χ2v) is 6.04. The first-order valence-electron chi connectivity index (χ1n) is 8.17. The molecule has 0 bridgehead atoms. The van der Waals surface area contributed by atoms with Crippen molar-refractivity contribution < 1.29 is 14.3 Å². The van der Waals surface area contributed by atoms with Gasteiger partial charge in [-0.2, -0.15) is 0 Å². The molecule has 0 saturated carbocycles. The normalized spacial score (nSPS) is 14.0. The lowest BCUT2D eigenvalue weighted by atomic mass is 9.93. The van der Waals surface area contributed by atoms with Gasteiger partial charge < -0.3 is 9.30 Å². The molecule has 0 saturated heterocycles. The SMILES string of the molecule is COC(=O)/C=C/c1c(C)c2c(n1Cc1ccccc1)CCCC2=O. The minimum absolute atomic E-state index is 0.202. The third kappa shape index (κ3) is 3.04.